The Balaban J connectivity index is 1.91. The number of alkyl halides is 3. The van der Waals surface area contributed by atoms with Crippen LogP contribution in [0.3, 0.4) is 0 Å². The van der Waals surface area contributed by atoms with Crippen molar-refractivity contribution in [3.8, 4) is 6.07 Å². The number of halogens is 3. The number of likely N-dealkylation sites (tertiary alicyclic amines) is 1. The lowest BCUT2D eigenvalue weighted by Crippen LogP contribution is -2.48. The molecular weight excluding hydrogens is 301 g/mol. The summed E-state index contributed by atoms with van der Waals surface area (Å²) in [5.74, 6) is -1.12. The average molecular weight is 330 g/mol. The van der Waals surface area contributed by atoms with Gasteiger partial charge in [-0.3, -0.25) is 0 Å². The van der Waals surface area contributed by atoms with Crippen molar-refractivity contribution in [2.45, 2.75) is 77.9 Å². The fraction of sp³-hybridized carbons (Fsp3) is 0.944. The third-order valence-corrected chi connectivity index (χ3v) is 6.43. The number of nitriles is 1. The predicted molar refractivity (Wildman–Crippen MR) is 84.7 cm³/mol. The minimum Gasteiger partial charge on any atom is -0.300 e. The number of hydrogen-bond acceptors (Lipinski definition) is 2. The molecule has 1 saturated carbocycles. The van der Waals surface area contributed by atoms with E-state index in [1.54, 1.807) is 0 Å². The van der Waals surface area contributed by atoms with Gasteiger partial charge < -0.3 is 4.90 Å². The van der Waals surface area contributed by atoms with Crippen molar-refractivity contribution in [2.75, 3.05) is 13.1 Å². The van der Waals surface area contributed by atoms with Crippen molar-refractivity contribution < 1.29 is 13.2 Å². The van der Waals surface area contributed by atoms with Crippen LogP contribution in [0.2, 0.25) is 0 Å². The molecule has 23 heavy (non-hydrogen) atoms. The van der Waals surface area contributed by atoms with Gasteiger partial charge in [0.05, 0.1) is 12.0 Å². The molecular formula is C18H29F3N2. The number of piperidine rings is 1. The summed E-state index contributed by atoms with van der Waals surface area (Å²) < 4.78 is 38.3. The highest BCUT2D eigenvalue weighted by Gasteiger charge is 2.46. The lowest BCUT2D eigenvalue weighted by Gasteiger charge is -2.50. The van der Waals surface area contributed by atoms with Gasteiger partial charge in [-0.2, -0.15) is 18.4 Å². The standard InChI is InChI=1S/C18H29F3N2/c1-16(2,3)17(10-11-22)8-4-15(5-9-17)23-12-6-14(7-13-23)18(19,20)21/h14-15H,4-10,12-13H2,1-3H3. The first-order valence-electron chi connectivity index (χ1n) is 8.77. The van der Waals surface area contributed by atoms with Crippen LogP contribution in [0.25, 0.3) is 0 Å². The highest BCUT2D eigenvalue weighted by molar-refractivity contribution is 5.00. The van der Waals surface area contributed by atoms with E-state index in [4.69, 9.17) is 0 Å². The van der Waals surface area contributed by atoms with Crippen LogP contribution in [0, 0.1) is 28.1 Å². The van der Waals surface area contributed by atoms with Crippen molar-refractivity contribution in [3.05, 3.63) is 0 Å². The van der Waals surface area contributed by atoms with Crippen LogP contribution in [-0.2, 0) is 0 Å². The molecule has 2 aliphatic rings. The second-order valence-electron chi connectivity index (χ2n) is 8.45. The van der Waals surface area contributed by atoms with Gasteiger partial charge in [0.15, 0.2) is 0 Å². The summed E-state index contributed by atoms with van der Waals surface area (Å²) in [7, 11) is 0. The normalized spacial score (nSPS) is 31.8. The Morgan fingerprint density at radius 3 is 1.96 bits per heavy atom. The summed E-state index contributed by atoms with van der Waals surface area (Å²) in [6.07, 6.45) is 1.06. The summed E-state index contributed by atoms with van der Waals surface area (Å²) in [6, 6.07) is 2.76. The second kappa shape index (κ2) is 6.63. The molecule has 2 fully saturated rings. The molecule has 1 aliphatic carbocycles. The first-order chi connectivity index (χ1) is 10.6. The molecule has 132 valence electrons. The van der Waals surface area contributed by atoms with Crippen molar-refractivity contribution >= 4 is 0 Å². The minimum atomic E-state index is -4.03. The van der Waals surface area contributed by atoms with Gasteiger partial charge in [-0.25, -0.2) is 0 Å². The van der Waals surface area contributed by atoms with Gasteiger partial charge in [-0.1, -0.05) is 20.8 Å². The van der Waals surface area contributed by atoms with Gasteiger partial charge in [-0.05, 0) is 62.4 Å². The monoisotopic (exact) mass is 330 g/mol. The van der Waals surface area contributed by atoms with E-state index in [0.717, 1.165) is 25.7 Å². The fourth-order valence-corrected chi connectivity index (χ4v) is 4.46. The zero-order chi connectivity index (χ0) is 17.3. The number of hydrogen-bond donors (Lipinski definition) is 0. The SMILES string of the molecule is CC(C)(C)C1(CC#N)CCC(N2CCC(C(F)(F)F)CC2)CC1. The van der Waals surface area contributed by atoms with Gasteiger partial charge in [0.25, 0.3) is 0 Å². The molecule has 0 aromatic rings. The summed E-state index contributed by atoms with van der Waals surface area (Å²) in [4.78, 5) is 2.27. The van der Waals surface area contributed by atoms with E-state index in [0.29, 0.717) is 25.6 Å². The first kappa shape index (κ1) is 18.6. The molecule has 1 saturated heterocycles. The van der Waals surface area contributed by atoms with Gasteiger partial charge in [0.2, 0.25) is 0 Å². The van der Waals surface area contributed by atoms with Crippen molar-refractivity contribution in [1.29, 1.82) is 5.26 Å². The summed E-state index contributed by atoms with van der Waals surface area (Å²) >= 11 is 0. The molecule has 2 rings (SSSR count). The van der Waals surface area contributed by atoms with Crippen LogP contribution in [0.4, 0.5) is 13.2 Å². The first-order valence-corrected chi connectivity index (χ1v) is 8.77. The zero-order valence-corrected chi connectivity index (χ0v) is 14.5. The maximum Gasteiger partial charge on any atom is 0.391 e. The Morgan fingerprint density at radius 1 is 1.04 bits per heavy atom. The Labute approximate surface area is 138 Å². The Kier molecular flexibility index (Phi) is 5.35. The zero-order valence-electron chi connectivity index (χ0n) is 14.5. The van der Waals surface area contributed by atoms with Crippen LogP contribution >= 0.6 is 0 Å². The molecule has 2 nitrogen and oxygen atoms in total. The predicted octanol–water partition coefficient (Wildman–Crippen LogP) is 5.15. The maximum absolute atomic E-state index is 12.8. The van der Waals surface area contributed by atoms with E-state index in [9.17, 15) is 18.4 Å². The lowest BCUT2D eigenvalue weighted by molar-refractivity contribution is -0.186. The molecule has 0 aromatic heterocycles. The summed E-state index contributed by atoms with van der Waals surface area (Å²) in [5, 5.41) is 9.20. The van der Waals surface area contributed by atoms with E-state index < -0.39 is 12.1 Å². The van der Waals surface area contributed by atoms with Crippen LogP contribution in [0.15, 0.2) is 0 Å². The number of nitrogens with zero attached hydrogens (tertiary/aromatic N) is 2. The quantitative estimate of drug-likeness (QED) is 0.700. The van der Waals surface area contributed by atoms with E-state index in [1.165, 1.54) is 0 Å². The third kappa shape index (κ3) is 4.02. The molecule has 1 heterocycles. The van der Waals surface area contributed by atoms with Crippen LogP contribution in [0.5, 0.6) is 0 Å². The minimum absolute atomic E-state index is 0.0581. The molecule has 0 unspecified atom stereocenters. The molecule has 0 aromatic carbocycles. The average Bonchev–Trinajstić information content (AvgIpc) is 2.46. The molecule has 0 atom stereocenters. The van der Waals surface area contributed by atoms with Gasteiger partial charge in [0, 0.05) is 12.5 Å². The van der Waals surface area contributed by atoms with Gasteiger partial charge in [0.1, 0.15) is 0 Å². The fourth-order valence-electron chi connectivity index (χ4n) is 4.46. The Bertz CT molecular complexity index is 429. The summed E-state index contributed by atoms with van der Waals surface area (Å²) in [6.45, 7) is 7.75. The third-order valence-electron chi connectivity index (χ3n) is 6.43. The Hall–Kier alpha value is -0.760. The smallest absolute Gasteiger partial charge is 0.300 e. The maximum atomic E-state index is 12.8. The topological polar surface area (TPSA) is 27.0 Å². The molecule has 1 aliphatic heterocycles. The van der Waals surface area contributed by atoms with E-state index in [1.807, 2.05) is 0 Å². The second-order valence-corrected chi connectivity index (χ2v) is 8.45. The van der Waals surface area contributed by atoms with E-state index in [2.05, 4.69) is 31.7 Å². The molecule has 0 radical (unpaired) electrons. The highest BCUT2D eigenvalue weighted by atomic mass is 19.4. The van der Waals surface area contributed by atoms with Crippen LogP contribution in [-0.4, -0.2) is 30.2 Å². The highest BCUT2D eigenvalue weighted by Crippen LogP contribution is 2.52. The van der Waals surface area contributed by atoms with Crippen LogP contribution < -0.4 is 0 Å². The molecule has 0 bridgehead atoms. The molecule has 0 spiro atoms. The van der Waals surface area contributed by atoms with E-state index in [-0.39, 0.29) is 23.7 Å². The van der Waals surface area contributed by atoms with E-state index >= 15 is 0 Å². The van der Waals surface area contributed by atoms with Crippen molar-refractivity contribution in [2.24, 2.45) is 16.7 Å². The molecule has 0 N–H and O–H groups in total. The van der Waals surface area contributed by atoms with Crippen molar-refractivity contribution in [3.63, 3.8) is 0 Å². The van der Waals surface area contributed by atoms with Crippen LogP contribution in [0.1, 0.15) is 65.7 Å². The Morgan fingerprint density at radius 2 is 1.57 bits per heavy atom. The summed E-state index contributed by atoms with van der Waals surface area (Å²) in [5.41, 5.74) is 0.152. The molecule has 5 heteroatoms. The van der Waals surface area contributed by atoms with Crippen molar-refractivity contribution in [1.82, 2.24) is 4.90 Å². The molecule has 0 amide bonds. The number of rotatable bonds is 2. The largest absolute Gasteiger partial charge is 0.391 e. The lowest BCUT2D eigenvalue weighted by atomic mass is 9.57. The van der Waals surface area contributed by atoms with Gasteiger partial charge in [-0.15, -0.1) is 0 Å². The van der Waals surface area contributed by atoms with Gasteiger partial charge >= 0.3 is 6.18 Å².